The van der Waals surface area contributed by atoms with E-state index in [4.69, 9.17) is 14.4 Å². The van der Waals surface area contributed by atoms with Crippen LogP contribution in [0.2, 0.25) is 19.6 Å². The molecule has 0 bridgehead atoms. The Bertz CT molecular complexity index is 3750. The molecule has 0 spiro atoms. The van der Waals surface area contributed by atoms with E-state index >= 15 is 0 Å². The zero-order valence-electron chi connectivity index (χ0n) is 43.5. The number of thiophene rings is 1. The molecule has 1 aliphatic carbocycles. The molecule has 0 amide bonds. The van der Waals surface area contributed by atoms with Crippen molar-refractivity contribution < 1.29 is 28.6 Å². The van der Waals surface area contributed by atoms with Crippen LogP contribution in [0.15, 0.2) is 158 Å². The Morgan fingerprint density at radius 3 is 2.36 bits per heavy atom. The second kappa shape index (κ2) is 18.5. The molecule has 2 aliphatic rings. The second-order valence-corrected chi connectivity index (χ2v) is 26.0. The number of benzene rings is 7. The average molecular weight is 1130 g/mol. The predicted molar refractivity (Wildman–Crippen MR) is 291 cm³/mol. The van der Waals surface area contributed by atoms with Gasteiger partial charge in [-0.3, -0.25) is 4.39 Å². The SMILES string of the molecule is [2H]C(C)(C)c1cc(-c2[c-]cc(F)cc2)ncc1[Si](C)(C)C.[2H]C([2H])(c1ccccc1)c1ccc2c(n1)sc1c(C3[N-]c4c(ccc5ccccc45)N3c3cc4c(cc3C)-c3ccccc3C4(C)C)[c-]ccc12.[Ir+3]. The van der Waals surface area contributed by atoms with Crippen LogP contribution < -0.4 is 10.1 Å². The number of anilines is 2. The first-order valence-corrected chi connectivity index (χ1v) is 27.9. The van der Waals surface area contributed by atoms with Crippen molar-refractivity contribution in [2.45, 2.75) is 78.1 Å². The van der Waals surface area contributed by atoms with Gasteiger partial charge in [-0.05, 0) is 104 Å². The number of halogens is 1. The monoisotopic (exact) mass is 1130 g/mol. The van der Waals surface area contributed by atoms with E-state index in [0.717, 1.165) is 70.5 Å². The van der Waals surface area contributed by atoms with E-state index in [2.05, 4.69) is 141 Å². The molecular formula is C62H54FIrN4SSi. The van der Waals surface area contributed by atoms with Gasteiger partial charge in [0.05, 0.1) is 8.07 Å². The molecule has 0 fully saturated rings. The zero-order chi connectivity index (χ0) is 50.5. The maximum Gasteiger partial charge on any atom is 3.00 e. The first-order valence-electron chi connectivity index (χ1n) is 25.1. The zero-order valence-corrected chi connectivity index (χ0v) is 44.7. The minimum absolute atomic E-state index is 0. The number of fused-ring (bicyclic) bond motifs is 9. The Morgan fingerprint density at radius 2 is 1.59 bits per heavy atom. The third-order valence-electron chi connectivity index (χ3n) is 13.7. The molecule has 12 rings (SSSR count). The number of aryl methyl sites for hydroxylation is 1. The van der Waals surface area contributed by atoms with Crippen LogP contribution in [0.3, 0.4) is 0 Å². The third-order valence-corrected chi connectivity index (χ3v) is 16.9. The van der Waals surface area contributed by atoms with Crippen molar-refractivity contribution in [2.75, 3.05) is 4.90 Å². The molecule has 70 heavy (non-hydrogen) atoms. The van der Waals surface area contributed by atoms with Crippen molar-refractivity contribution in [1.82, 2.24) is 9.97 Å². The fourth-order valence-corrected chi connectivity index (χ4v) is 13.0. The van der Waals surface area contributed by atoms with Gasteiger partial charge in [0.1, 0.15) is 4.83 Å². The summed E-state index contributed by atoms with van der Waals surface area (Å²) in [6.45, 7) is 17.4. The summed E-state index contributed by atoms with van der Waals surface area (Å²) in [5.41, 5.74) is 14.1. The van der Waals surface area contributed by atoms with Gasteiger partial charge in [-0.1, -0.05) is 155 Å². The van der Waals surface area contributed by atoms with Crippen LogP contribution in [0.4, 0.5) is 21.5 Å². The molecule has 8 heteroatoms. The predicted octanol–water partition coefficient (Wildman–Crippen LogP) is 16.8. The summed E-state index contributed by atoms with van der Waals surface area (Å²) in [6.07, 6.45) is -0.189. The van der Waals surface area contributed by atoms with Crippen molar-refractivity contribution in [1.29, 1.82) is 0 Å². The molecule has 0 N–H and O–H groups in total. The van der Waals surface area contributed by atoms with Crippen molar-refractivity contribution >= 4 is 72.7 Å². The van der Waals surface area contributed by atoms with Gasteiger partial charge in [0, 0.05) is 45.0 Å². The van der Waals surface area contributed by atoms with Gasteiger partial charge in [0.25, 0.3) is 0 Å². The van der Waals surface area contributed by atoms with Crippen LogP contribution in [0, 0.1) is 24.9 Å². The van der Waals surface area contributed by atoms with Crippen LogP contribution in [0.1, 0.15) is 82.9 Å². The van der Waals surface area contributed by atoms with Crippen molar-refractivity contribution in [3.05, 3.63) is 220 Å². The van der Waals surface area contributed by atoms with Crippen molar-refractivity contribution in [2.24, 2.45) is 0 Å². The largest absolute Gasteiger partial charge is 3.00 e. The normalized spacial score (nSPS) is 15.5. The van der Waals surface area contributed by atoms with E-state index in [1.54, 1.807) is 17.4 Å². The summed E-state index contributed by atoms with van der Waals surface area (Å²) in [6, 6.07) is 56.6. The molecular weight excluding hydrogens is 1070 g/mol. The third kappa shape index (κ3) is 8.39. The number of nitrogens with zero attached hydrogens (tertiary/aromatic N) is 4. The molecule has 4 nitrogen and oxygen atoms in total. The van der Waals surface area contributed by atoms with E-state index in [0.29, 0.717) is 11.3 Å². The molecule has 348 valence electrons. The maximum absolute atomic E-state index is 13.0. The van der Waals surface area contributed by atoms with Crippen LogP contribution in [0.25, 0.3) is 58.8 Å². The van der Waals surface area contributed by atoms with Gasteiger partial charge in [0.15, 0.2) is 0 Å². The van der Waals surface area contributed by atoms with Crippen molar-refractivity contribution in [3.8, 4) is 22.4 Å². The number of pyridine rings is 2. The topological polar surface area (TPSA) is 43.1 Å². The molecule has 10 aromatic rings. The number of hydrogen-bond acceptors (Lipinski definition) is 4. The standard InChI is InChI=1S/C45H33N3S.C17H21FNSi.Ir/c1-27-24-36-32-16-9-10-19-37(32)45(2,3)38(36)26-40(27)48-39-23-20-29-14-7-8-15-31(29)41(39)47-43(48)35-18-11-17-33-34-22-21-30(46-44(34)49-42(33)35)25-28-12-5-4-6-13-28;1-12(2)15-10-16(13-6-8-14(18)9-7-13)19-11-17(15)20(3,4)5;/h4-17,19-24,26,43H,25H2,1-3H3;6,8-12H,1-5H3;/q-2;-1;+3/i25D2;12D;. The Kier molecular flexibility index (Phi) is 11.5. The molecule has 3 aromatic heterocycles. The van der Waals surface area contributed by atoms with Gasteiger partial charge < -0.3 is 15.2 Å². The van der Waals surface area contributed by atoms with Gasteiger partial charge in [0.2, 0.25) is 0 Å². The van der Waals surface area contributed by atoms with Crippen LogP contribution >= 0.6 is 11.3 Å². The first kappa shape index (κ1) is 43.7. The maximum atomic E-state index is 13.0. The number of aromatic nitrogens is 2. The van der Waals surface area contributed by atoms with Gasteiger partial charge in [-0.2, -0.15) is 29.5 Å². The fraction of sp³-hybridized carbons (Fsp3) is 0.194. The summed E-state index contributed by atoms with van der Waals surface area (Å²) < 4.78 is 40.5. The van der Waals surface area contributed by atoms with Crippen LogP contribution in [0.5, 0.6) is 0 Å². The number of hydrogen-bond donors (Lipinski definition) is 0. The summed E-state index contributed by atoms with van der Waals surface area (Å²) in [5, 5.41) is 11.2. The minimum atomic E-state index is -1.72. The molecule has 0 saturated heterocycles. The van der Waals surface area contributed by atoms with Crippen LogP contribution in [-0.2, 0) is 31.9 Å². The second-order valence-electron chi connectivity index (χ2n) is 19.9. The van der Waals surface area contributed by atoms with E-state index in [1.807, 2.05) is 74.6 Å². The molecule has 4 heterocycles. The van der Waals surface area contributed by atoms with Gasteiger partial charge in [-0.15, -0.1) is 46.5 Å². The van der Waals surface area contributed by atoms with Crippen LogP contribution in [-0.4, -0.2) is 18.0 Å². The molecule has 1 unspecified atom stereocenters. The Labute approximate surface area is 434 Å². The van der Waals surface area contributed by atoms with Gasteiger partial charge in [-0.25, -0.2) is 4.98 Å². The van der Waals surface area contributed by atoms with Crippen molar-refractivity contribution in [3.63, 3.8) is 0 Å². The summed E-state index contributed by atoms with van der Waals surface area (Å²) in [5.74, 6) is -0.994. The molecule has 0 radical (unpaired) electrons. The van der Waals surface area contributed by atoms with E-state index < -0.39 is 20.3 Å². The summed E-state index contributed by atoms with van der Waals surface area (Å²) in [4.78, 5) is 12.7. The first-order chi connectivity index (χ1) is 34.3. The summed E-state index contributed by atoms with van der Waals surface area (Å²) in [7, 11) is -1.57. The smallest absolute Gasteiger partial charge is 0.661 e. The molecule has 1 aliphatic heterocycles. The fourth-order valence-electron chi connectivity index (χ4n) is 10.2. The van der Waals surface area contributed by atoms with Gasteiger partial charge >= 0.3 is 20.1 Å². The number of rotatable bonds is 7. The average Bonchev–Trinajstić information content (AvgIpc) is 4.01. The van der Waals surface area contributed by atoms with E-state index in [1.165, 1.54) is 45.1 Å². The molecule has 7 aromatic carbocycles. The Balaban J connectivity index is 0.000000235. The quantitative estimate of drug-likeness (QED) is 0.118. The Hall–Kier alpha value is -6.28. The summed E-state index contributed by atoms with van der Waals surface area (Å²) >= 11 is 1.60. The Morgan fingerprint density at radius 1 is 0.814 bits per heavy atom. The van der Waals surface area contributed by atoms with E-state index in [9.17, 15) is 4.39 Å². The minimum Gasteiger partial charge on any atom is -0.661 e. The molecule has 1 atom stereocenters. The van der Waals surface area contributed by atoms with E-state index in [-0.39, 0.29) is 37.5 Å². The molecule has 0 saturated carbocycles.